The van der Waals surface area contributed by atoms with Crippen LogP contribution in [-0.2, 0) is 0 Å². The van der Waals surface area contributed by atoms with Crippen LogP contribution in [0.25, 0.3) is 11.1 Å². The summed E-state index contributed by atoms with van der Waals surface area (Å²) in [5.41, 5.74) is 4.65. The number of hydrogen-bond donors (Lipinski definition) is 1. The van der Waals surface area contributed by atoms with Crippen LogP contribution in [0.2, 0.25) is 0 Å². The summed E-state index contributed by atoms with van der Waals surface area (Å²) in [7, 11) is 0. The number of ether oxygens (including phenoxy) is 2. The van der Waals surface area contributed by atoms with Gasteiger partial charge in [-0.2, -0.15) is 0 Å². The first-order chi connectivity index (χ1) is 16.9. The highest BCUT2D eigenvalue weighted by atomic mass is 19.1. The van der Waals surface area contributed by atoms with E-state index in [2.05, 4.69) is 18.7 Å². The van der Waals surface area contributed by atoms with Gasteiger partial charge in [0.25, 0.3) is 0 Å². The molecule has 1 fully saturated rings. The summed E-state index contributed by atoms with van der Waals surface area (Å²) in [6, 6.07) is 20.0. The molecule has 0 spiro atoms. The highest BCUT2D eigenvalue weighted by Gasteiger charge is 2.30. The third-order valence-electron chi connectivity index (χ3n) is 7.19. The van der Waals surface area contributed by atoms with Gasteiger partial charge < -0.3 is 14.6 Å². The summed E-state index contributed by atoms with van der Waals surface area (Å²) in [5, 5.41) is 10.0. The second kappa shape index (κ2) is 9.74. The van der Waals surface area contributed by atoms with Crippen molar-refractivity contribution in [1.82, 2.24) is 4.90 Å². The van der Waals surface area contributed by atoms with Gasteiger partial charge in [0.15, 0.2) is 0 Å². The van der Waals surface area contributed by atoms with Crippen LogP contribution in [0.15, 0.2) is 66.7 Å². The quantitative estimate of drug-likeness (QED) is 0.432. The van der Waals surface area contributed by atoms with Gasteiger partial charge in [0.1, 0.15) is 35.8 Å². The fourth-order valence-corrected chi connectivity index (χ4v) is 5.10. The van der Waals surface area contributed by atoms with Crippen molar-refractivity contribution in [2.24, 2.45) is 5.92 Å². The second-order valence-electron chi connectivity index (χ2n) is 9.84. The third-order valence-corrected chi connectivity index (χ3v) is 7.19. The lowest BCUT2D eigenvalue weighted by Gasteiger charge is -2.31. The molecule has 2 heterocycles. The fourth-order valence-electron chi connectivity index (χ4n) is 5.10. The Kier molecular flexibility index (Phi) is 6.52. The third kappa shape index (κ3) is 4.92. The Labute approximate surface area is 206 Å². The standard InChI is InChI=1S/C30H32FNO3/c1-19-14-15-32(17-19)20(2)18-34-26-11-6-23(7-12-26)30-29(22-4-8-24(31)9-5-22)21(3)27-16-25(33)10-13-28(27)35-30/h4-13,16,19-20,30,33H,14-15,17-18H2,1-3H3/t19-,20?,30-/m1/s1. The maximum Gasteiger partial charge on any atom is 0.150 e. The van der Waals surface area contributed by atoms with E-state index in [1.165, 1.54) is 18.6 Å². The number of nitrogens with zero attached hydrogens (tertiary/aromatic N) is 1. The normalized spacial score (nSPS) is 20.9. The van der Waals surface area contributed by atoms with E-state index in [1.807, 2.05) is 31.2 Å². The molecule has 1 saturated heterocycles. The molecular weight excluding hydrogens is 441 g/mol. The van der Waals surface area contributed by atoms with Crippen LogP contribution in [0.4, 0.5) is 4.39 Å². The molecule has 35 heavy (non-hydrogen) atoms. The van der Waals surface area contributed by atoms with Crippen molar-refractivity contribution in [2.45, 2.75) is 39.3 Å². The molecule has 5 heteroatoms. The van der Waals surface area contributed by atoms with Gasteiger partial charge in [0, 0.05) is 23.7 Å². The largest absolute Gasteiger partial charge is 0.508 e. The first-order valence-electron chi connectivity index (χ1n) is 12.3. The zero-order valence-corrected chi connectivity index (χ0v) is 20.5. The lowest BCUT2D eigenvalue weighted by molar-refractivity contribution is 0.169. The summed E-state index contributed by atoms with van der Waals surface area (Å²) in [6.07, 6.45) is 0.892. The number of likely N-dealkylation sites (tertiary alicyclic amines) is 1. The number of phenols is 1. The van der Waals surface area contributed by atoms with Crippen LogP contribution in [0.3, 0.4) is 0 Å². The zero-order valence-electron chi connectivity index (χ0n) is 20.5. The Morgan fingerprint density at radius 3 is 2.51 bits per heavy atom. The summed E-state index contributed by atoms with van der Waals surface area (Å²) in [6.45, 7) is 9.48. The smallest absolute Gasteiger partial charge is 0.150 e. The molecule has 0 amide bonds. The predicted molar refractivity (Wildman–Crippen MR) is 137 cm³/mol. The maximum atomic E-state index is 13.7. The molecule has 0 aromatic heterocycles. The van der Waals surface area contributed by atoms with Gasteiger partial charge in [-0.3, -0.25) is 4.90 Å². The molecule has 0 saturated carbocycles. The topological polar surface area (TPSA) is 41.9 Å². The molecule has 5 rings (SSSR count). The van der Waals surface area contributed by atoms with Crippen molar-refractivity contribution in [3.8, 4) is 17.2 Å². The number of phenolic OH excluding ortho intramolecular Hbond substituents is 1. The van der Waals surface area contributed by atoms with E-state index in [-0.39, 0.29) is 17.7 Å². The van der Waals surface area contributed by atoms with Crippen molar-refractivity contribution in [3.05, 3.63) is 89.2 Å². The number of rotatable bonds is 6. The number of hydrogen-bond acceptors (Lipinski definition) is 4. The van der Waals surface area contributed by atoms with E-state index >= 15 is 0 Å². The predicted octanol–water partition coefficient (Wildman–Crippen LogP) is 6.70. The van der Waals surface area contributed by atoms with Crippen molar-refractivity contribution < 1.29 is 19.0 Å². The second-order valence-corrected chi connectivity index (χ2v) is 9.84. The molecule has 0 bridgehead atoms. The van der Waals surface area contributed by atoms with E-state index < -0.39 is 0 Å². The van der Waals surface area contributed by atoms with E-state index in [4.69, 9.17) is 9.47 Å². The van der Waals surface area contributed by atoms with Crippen LogP contribution in [0, 0.1) is 11.7 Å². The van der Waals surface area contributed by atoms with Gasteiger partial charge in [-0.05, 0) is 91.9 Å². The van der Waals surface area contributed by atoms with Gasteiger partial charge in [-0.1, -0.05) is 31.2 Å². The molecule has 0 radical (unpaired) electrons. The van der Waals surface area contributed by atoms with E-state index in [1.54, 1.807) is 30.3 Å². The maximum absolute atomic E-state index is 13.7. The van der Waals surface area contributed by atoms with Crippen molar-refractivity contribution >= 4 is 11.1 Å². The molecule has 3 atom stereocenters. The number of allylic oxidation sites excluding steroid dienone is 1. The van der Waals surface area contributed by atoms with Gasteiger partial charge >= 0.3 is 0 Å². The molecule has 3 aromatic rings. The van der Waals surface area contributed by atoms with Crippen molar-refractivity contribution in [1.29, 1.82) is 0 Å². The van der Waals surface area contributed by atoms with Gasteiger partial charge in [-0.25, -0.2) is 4.39 Å². The molecule has 0 aliphatic carbocycles. The van der Waals surface area contributed by atoms with Crippen molar-refractivity contribution in [2.75, 3.05) is 19.7 Å². The molecule has 1 unspecified atom stereocenters. The summed E-state index contributed by atoms with van der Waals surface area (Å²) >= 11 is 0. The lowest BCUT2D eigenvalue weighted by atomic mass is 9.86. The number of halogens is 1. The van der Waals surface area contributed by atoms with E-state index in [0.29, 0.717) is 18.4 Å². The highest BCUT2D eigenvalue weighted by molar-refractivity contribution is 5.95. The Bertz CT molecular complexity index is 1220. The van der Waals surface area contributed by atoms with Crippen molar-refractivity contribution in [3.63, 3.8) is 0 Å². The highest BCUT2D eigenvalue weighted by Crippen LogP contribution is 2.47. The first kappa shape index (κ1) is 23.4. The summed E-state index contributed by atoms with van der Waals surface area (Å²) in [4.78, 5) is 2.49. The molecule has 4 nitrogen and oxygen atoms in total. The van der Waals surface area contributed by atoms with E-state index in [9.17, 15) is 9.50 Å². The monoisotopic (exact) mass is 473 g/mol. The average molecular weight is 474 g/mol. The average Bonchev–Trinajstić information content (AvgIpc) is 3.30. The van der Waals surface area contributed by atoms with Crippen LogP contribution < -0.4 is 9.47 Å². The Morgan fingerprint density at radius 1 is 1.09 bits per heavy atom. The Hall–Kier alpha value is -3.31. The van der Waals surface area contributed by atoms with Gasteiger partial charge in [-0.15, -0.1) is 0 Å². The Balaban J connectivity index is 1.40. The minimum Gasteiger partial charge on any atom is -0.508 e. The number of benzene rings is 3. The van der Waals surface area contributed by atoms with Crippen LogP contribution >= 0.6 is 0 Å². The molecular formula is C30H32FNO3. The van der Waals surface area contributed by atoms with Crippen LogP contribution in [0.1, 0.15) is 50.0 Å². The summed E-state index contributed by atoms with van der Waals surface area (Å²) in [5.74, 6) is 2.21. The molecule has 182 valence electrons. The lowest BCUT2D eigenvalue weighted by Crippen LogP contribution is -2.35. The van der Waals surface area contributed by atoms with Crippen LogP contribution in [0.5, 0.6) is 17.2 Å². The minimum absolute atomic E-state index is 0.183. The van der Waals surface area contributed by atoms with Gasteiger partial charge in [0.05, 0.1) is 0 Å². The van der Waals surface area contributed by atoms with E-state index in [0.717, 1.165) is 52.6 Å². The molecule has 2 aliphatic heterocycles. The molecule has 3 aromatic carbocycles. The number of aromatic hydroxyl groups is 1. The first-order valence-corrected chi connectivity index (χ1v) is 12.3. The SMILES string of the molecule is CC1=C(c2ccc(F)cc2)[C@@H](c2ccc(OCC(C)N3CC[C@@H](C)C3)cc2)Oc2ccc(O)cc21. The minimum atomic E-state index is -0.364. The Morgan fingerprint density at radius 2 is 1.83 bits per heavy atom. The van der Waals surface area contributed by atoms with Gasteiger partial charge in [0.2, 0.25) is 0 Å². The fraction of sp³-hybridized carbons (Fsp3) is 0.333. The zero-order chi connectivity index (χ0) is 24.5. The molecule has 2 aliphatic rings. The van der Waals surface area contributed by atoms with Crippen LogP contribution in [-0.4, -0.2) is 35.7 Å². The molecule has 1 N–H and O–H groups in total. The summed E-state index contributed by atoms with van der Waals surface area (Å²) < 4.78 is 26.2. The number of fused-ring (bicyclic) bond motifs is 1.